The van der Waals surface area contributed by atoms with Gasteiger partial charge < -0.3 is 0 Å². The van der Waals surface area contributed by atoms with Gasteiger partial charge in [0.25, 0.3) is 5.91 Å². The van der Waals surface area contributed by atoms with Crippen LogP contribution in [-0.4, -0.2) is 30.9 Å². The smallest absolute Gasteiger partial charge is 0.258 e. The summed E-state index contributed by atoms with van der Waals surface area (Å²) in [6.45, 7) is 6.37. The molecule has 136 valence electrons. The summed E-state index contributed by atoms with van der Waals surface area (Å²) in [7, 11) is 0. The third-order valence-corrected chi connectivity index (χ3v) is 4.94. The Balaban J connectivity index is 1.69. The fraction of sp³-hybridized carbons (Fsp3) is 0.211. The number of carbonyl (C=O) groups is 1. The number of fused-ring (bicyclic) bond motifs is 1. The number of hydrogen-bond acceptors (Lipinski definition) is 6. The van der Waals surface area contributed by atoms with Crippen LogP contribution in [0.25, 0.3) is 11.0 Å². The highest BCUT2D eigenvalue weighted by Gasteiger charge is 2.17. The van der Waals surface area contributed by atoms with Crippen LogP contribution in [0.1, 0.15) is 32.2 Å². The monoisotopic (exact) mass is 378 g/mol. The minimum atomic E-state index is -0.239. The van der Waals surface area contributed by atoms with E-state index < -0.39 is 0 Å². The molecule has 0 aliphatic carbocycles. The Bertz CT molecular complexity index is 1130. The molecule has 4 aromatic rings. The number of nitrogens with one attached hydrogen (secondary N) is 1. The molecule has 0 aliphatic rings. The summed E-state index contributed by atoms with van der Waals surface area (Å²) in [4.78, 5) is 17.4. The van der Waals surface area contributed by atoms with Crippen LogP contribution in [0.5, 0.6) is 0 Å². The molecular formula is C19H18N6OS. The maximum atomic E-state index is 12.8. The van der Waals surface area contributed by atoms with Crippen molar-refractivity contribution in [2.45, 2.75) is 27.3 Å². The molecule has 3 heterocycles. The molecule has 0 saturated carbocycles. The lowest BCUT2D eigenvalue weighted by Crippen LogP contribution is -2.13. The number of hydrogen-bond donors (Lipinski definition) is 1. The largest absolute Gasteiger partial charge is 0.296 e. The van der Waals surface area contributed by atoms with Crippen molar-refractivity contribution in [1.82, 2.24) is 25.0 Å². The fourth-order valence-electron chi connectivity index (χ4n) is 2.85. The van der Waals surface area contributed by atoms with Crippen LogP contribution in [0, 0.1) is 20.8 Å². The van der Waals surface area contributed by atoms with E-state index in [1.807, 2.05) is 18.5 Å². The van der Waals surface area contributed by atoms with Gasteiger partial charge in [0.15, 0.2) is 5.65 Å². The zero-order valence-corrected chi connectivity index (χ0v) is 16.0. The Kier molecular flexibility index (Phi) is 4.41. The highest BCUT2D eigenvalue weighted by Crippen LogP contribution is 2.22. The Labute approximate surface area is 160 Å². The van der Waals surface area contributed by atoms with Crippen LogP contribution < -0.4 is 5.32 Å². The van der Waals surface area contributed by atoms with Crippen molar-refractivity contribution in [3.63, 3.8) is 0 Å². The highest BCUT2D eigenvalue weighted by molar-refractivity contribution is 7.15. The lowest BCUT2D eigenvalue weighted by atomic mass is 10.1. The van der Waals surface area contributed by atoms with E-state index in [0.29, 0.717) is 28.3 Å². The molecule has 0 fully saturated rings. The summed E-state index contributed by atoms with van der Waals surface area (Å²) in [6, 6.07) is 10.1. The number of amides is 1. The zero-order valence-electron chi connectivity index (χ0n) is 15.2. The van der Waals surface area contributed by atoms with E-state index >= 15 is 0 Å². The lowest BCUT2D eigenvalue weighted by molar-refractivity contribution is 0.102. The van der Waals surface area contributed by atoms with Gasteiger partial charge in [0.05, 0.1) is 23.7 Å². The van der Waals surface area contributed by atoms with Gasteiger partial charge >= 0.3 is 0 Å². The summed E-state index contributed by atoms with van der Waals surface area (Å²) in [6.07, 6.45) is 1.69. The van der Waals surface area contributed by atoms with Gasteiger partial charge in [-0.25, -0.2) is 9.67 Å². The van der Waals surface area contributed by atoms with Crippen LogP contribution in [0.15, 0.2) is 36.5 Å². The maximum Gasteiger partial charge on any atom is 0.258 e. The summed E-state index contributed by atoms with van der Waals surface area (Å²) in [5, 5.41) is 17.1. The number of aryl methyl sites for hydroxylation is 3. The molecule has 0 atom stereocenters. The standard InChI is InChI=1S/C19H18N6OS/c1-11-4-6-14(7-5-11)10-25-17-16(9-20-25)15(8-12(2)21-17)18(26)22-19-24-23-13(3)27-19/h4-9H,10H2,1-3H3,(H,22,24,26). The topological polar surface area (TPSA) is 85.6 Å². The molecule has 3 aromatic heterocycles. The molecule has 0 radical (unpaired) electrons. The van der Waals surface area contributed by atoms with Crippen molar-refractivity contribution in [2.75, 3.05) is 5.32 Å². The second-order valence-electron chi connectivity index (χ2n) is 6.42. The van der Waals surface area contributed by atoms with Crippen molar-refractivity contribution in [3.8, 4) is 0 Å². The first-order valence-corrected chi connectivity index (χ1v) is 9.31. The van der Waals surface area contributed by atoms with Gasteiger partial charge in [-0.2, -0.15) is 5.10 Å². The number of carbonyl (C=O) groups excluding carboxylic acids is 1. The average Bonchev–Trinajstić information content (AvgIpc) is 3.22. The second-order valence-corrected chi connectivity index (χ2v) is 7.60. The van der Waals surface area contributed by atoms with E-state index in [1.54, 1.807) is 12.3 Å². The molecule has 0 unspecified atom stereocenters. The number of pyridine rings is 1. The second kappa shape index (κ2) is 6.88. The van der Waals surface area contributed by atoms with E-state index in [0.717, 1.165) is 16.3 Å². The quantitative estimate of drug-likeness (QED) is 0.587. The lowest BCUT2D eigenvalue weighted by Gasteiger charge is -2.07. The summed E-state index contributed by atoms with van der Waals surface area (Å²) in [5.41, 5.74) is 4.31. The molecule has 4 rings (SSSR count). The van der Waals surface area contributed by atoms with Crippen LogP contribution in [0.3, 0.4) is 0 Å². The van der Waals surface area contributed by atoms with Crippen LogP contribution in [-0.2, 0) is 6.54 Å². The van der Waals surface area contributed by atoms with Gasteiger partial charge in [-0.1, -0.05) is 41.2 Å². The molecule has 27 heavy (non-hydrogen) atoms. The number of anilines is 1. The Morgan fingerprint density at radius 3 is 2.63 bits per heavy atom. The van der Waals surface area contributed by atoms with Crippen molar-refractivity contribution < 1.29 is 4.79 Å². The van der Waals surface area contributed by atoms with Crippen LogP contribution in [0.2, 0.25) is 0 Å². The van der Waals surface area contributed by atoms with Crippen molar-refractivity contribution >= 4 is 33.4 Å². The van der Waals surface area contributed by atoms with Crippen molar-refractivity contribution in [3.05, 3.63) is 63.9 Å². The molecule has 1 amide bonds. The van der Waals surface area contributed by atoms with Crippen molar-refractivity contribution in [2.24, 2.45) is 0 Å². The first kappa shape index (κ1) is 17.3. The maximum absolute atomic E-state index is 12.8. The first-order chi connectivity index (χ1) is 13.0. The highest BCUT2D eigenvalue weighted by atomic mass is 32.1. The molecule has 8 heteroatoms. The van der Waals surface area contributed by atoms with E-state index in [1.165, 1.54) is 16.9 Å². The first-order valence-electron chi connectivity index (χ1n) is 8.50. The molecule has 0 bridgehead atoms. The normalized spacial score (nSPS) is 11.1. The minimum Gasteiger partial charge on any atom is -0.296 e. The van der Waals surface area contributed by atoms with E-state index in [-0.39, 0.29) is 5.91 Å². The van der Waals surface area contributed by atoms with Gasteiger partial charge in [-0.3, -0.25) is 10.1 Å². The van der Waals surface area contributed by atoms with Crippen LogP contribution >= 0.6 is 11.3 Å². The third kappa shape index (κ3) is 3.56. The number of nitrogens with zero attached hydrogens (tertiary/aromatic N) is 5. The minimum absolute atomic E-state index is 0.239. The Hall–Kier alpha value is -3.13. The molecule has 7 nitrogen and oxygen atoms in total. The molecule has 0 aliphatic heterocycles. The Morgan fingerprint density at radius 1 is 1.15 bits per heavy atom. The van der Waals surface area contributed by atoms with Gasteiger partial charge in [0, 0.05) is 5.69 Å². The summed E-state index contributed by atoms with van der Waals surface area (Å²) in [5.74, 6) is -0.239. The molecule has 0 saturated heterocycles. The molecular weight excluding hydrogens is 360 g/mol. The van der Waals surface area contributed by atoms with Gasteiger partial charge in [-0.15, -0.1) is 10.2 Å². The SMILES string of the molecule is Cc1ccc(Cn2ncc3c(C(=O)Nc4nnc(C)s4)cc(C)nc32)cc1. The summed E-state index contributed by atoms with van der Waals surface area (Å²) >= 11 is 1.34. The molecule has 1 aromatic carbocycles. The van der Waals surface area contributed by atoms with Crippen molar-refractivity contribution in [1.29, 1.82) is 0 Å². The molecule has 0 spiro atoms. The van der Waals surface area contributed by atoms with Gasteiger partial charge in [-0.05, 0) is 32.4 Å². The average molecular weight is 378 g/mol. The number of aromatic nitrogens is 5. The number of rotatable bonds is 4. The Morgan fingerprint density at radius 2 is 1.93 bits per heavy atom. The van der Waals surface area contributed by atoms with E-state index in [9.17, 15) is 4.79 Å². The van der Waals surface area contributed by atoms with E-state index in [4.69, 9.17) is 0 Å². The van der Waals surface area contributed by atoms with Crippen LogP contribution in [0.4, 0.5) is 5.13 Å². The van der Waals surface area contributed by atoms with Gasteiger partial charge in [0.2, 0.25) is 5.13 Å². The third-order valence-electron chi connectivity index (χ3n) is 4.18. The van der Waals surface area contributed by atoms with Gasteiger partial charge in [0.1, 0.15) is 5.01 Å². The fourth-order valence-corrected chi connectivity index (χ4v) is 3.44. The van der Waals surface area contributed by atoms with E-state index in [2.05, 4.69) is 56.8 Å². The summed E-state index contributed by atoms with van der Waals surface area (Å²) < 4.78 is 1.82. The number of benzene rings is 1. The molecule has 1 N–H and O–H groups in total. The predicted molar refractivity (Wildman–Crippen MR) is 105 cm³/mol. The zero-order chi connectivity index (χ0) is 19.0. The predicted octanol–water partition coefficient (Wildman–Crippen LogP) is 3.51.